The van der Waals surface area contributed by atoms with Crippen molar-refractivity contribution >= 4 is 12.1 Å². The number of likely N-dealkylation sites (tertiary alicyclic amines) is 1. The third-order valence-corrected chi connectivity index (χ3v) is 4.11. The fourth-order valence-corrected chi connectivity index (χ4v) is 3.11. The number of nitrogens with zero attached hydrogens (tertiary/aromatic N) is 1. The second kappa shape index (κ2) is 6.08. The summed E-state index contributed by atoms with van der Waals surface area (Å²) in [7, 11) is 1.37. The molecule has 1 aliphatic heterocycles. The largest absolute Gasteiger partial charge is 0.466 e. The highest BCUT2D eigenvalue weighted by Gasteiger charge is 2.39. The van der Waals surface area contributed by atoms with Gasteiger partial charge in [-0.2, -0.15) is 0 Å². The van der Waals surface area contributed by atoms with Gasteiger partial charge in [0.15, 0.2) is 0 Å². The molecule has 2 unspecified atom stereocenters. The summed E-state index contributed by atoms with van der Waals surface area (Å²) in [6.45, 7) is 6.29. The smallest absolute Gasteiger partial charge is 0.410 e. The minimum absolute atomic E-state index is 0.0218. The summed E-state index contributed by atoms with van der Waals surface area (Å²) >= 11 is 0. The molecule has 0 N–H and O–H groups in total. The zero-order chi connectivity index (χ0) is 15.6. The van der Waals surface area contributed by atoms with E-state index in [1.807, 2.05) is 20.8 Å². The molecule has 5 nitrogen and oxygen atoms in total. The maximum Gasteiger partial charge on any atom is 0.410 e. The summed E-state index contributed by atoms with van der Waals surface area (Å²) < 4.78 is 10.2. The summed E-state index contributed by atoms with van der Waals surface area (Å²) in [4.78, 5) is 25.7. The van der Waals surface area contributed by atoms with E-state index in [0.717, 1.165) is 31.3 Å². The van der Waals surface area contributed by atoms with E-state index in [-0.39, 0.29) is 18.1 Å². The van der Waals surface area contributed by atoms with Gasteiger partial charge in [0.2, 0.25) is 0 Å². The Morgan fingerprint density at radius 2 is 2.00 bits per heavy atom. The first-order valence-corrected chi connectivity index (χ1v) is 7.58. The number of esters is 1. The summed E-state index contributed by atoms with van der Waals surface area (Å²) in [6, 6.07) is -0.0218. The van der Waals surface area contributed by atoms with Crippen molar-refractivity contribution < 1.29 is 19.1 Å². The molecule has 0 spiro atoms. The van der Waals surface area contributed by atoms with Crippen molar-refractivity contribution in [2.75, 3.05) is 13.7 Å². The number of methoxy groups -OCH3 is 1. The predicted octanol–water partition coefficient (Wildman–Crippen LogP) is 2.90. The molecule has 1 amide bonds. The van der Waals surface area contributed by atoms with Crippen molar-refractivity contribution in [3.05, 3.63) is 11.6 Å². The molecule has 1 saturated heterocycles. The van der Waals surface area contributed by atoms with Crippen LogP contribution in [0.3, 0.4) is 0 Å². The van der Waals surface area contributed by atoms with Crippen LogP contribution >= 0.6 is 0 Å². The second-order valence-corrected chi connectivity index (χ2v) is 6.86. The predicted molar refractivity (Wildman–Crippen MR) is 78.8 cm³/mol. The van der Waals surface area contributed by atoms with Gasteiger partial charge in [-0.05, 0) is 57.9 Å². The molecule has 5 heteroatoms. The average Bonchev–Trinajstić information content (AvgIpc) is 2.40. The van der Waals surface area contributed by atoms with Crippen LogP contribution < -0.4 is 0 Å². The molecule has 2 bridgehead atoms. The lowest BCUT2D eigenvalue weighted by atomic mass is 9.77. The van der Waals surface area contributed by atoms with Gasteiger partial charge >= 0.3 is 12.1 Å². The Morgan fingerprint density at radius 3 is 2.62 bits per heavy atom. The van der Waals surface area contributed by atoms with Gasteiger partial charge in [0.05, 0.1) is 13.2 Å². The number of amides is 1. The number of hydrogen-bond donors (Lipinski definition) is 0. The van der Waals surface area contributed by atoms with Gasteiger partial charge in [-0.15, -0.1) is 0 Å². The van der Waals surface area contributed by atoms with Crippen LogP contribution in [-0.4, -0.2) is 42.3 Å². The van der Waals surface area contributed by atoms with E-state index < -0.39 is 5.60 Å². The highest BCUT2D eigenvalue weighted by atomic mass is 16.6. The highest BCUT2D eigenvalue weighted by molar-refractivity contribution is 5.83. The SMILES string of the molecule is COC(=O)/C=C1/CCC2CCN(C(=O)OC(C)(C)C)C1C2. The Labute approximate surface area is 126 Å². The normalized spacial score (nSPS) is 27.4. The monoisotopic (exact) mass is 295 g/mol. The molecule has 0 radical (unpaired) electrons. The van der Waals surface area contributed by atoms with Crippen LogP contribution in [0.5, 0.6) is 0 Å². The Hall–Kier alpha value is -1.52. The molecule has 2 aliphatic rings. The van der Waals surface area contributed by atoms with Gasteiger partial charge in [0.1, 0.15) is 5.60 Å². The van der Waals surface area contributed by atoms with E-state index in [1.165, 1.54) is 7.11 Å². The van der Waals surface area contributed by atoms with Gasteiger partial charge in [-0.25, -0.2) is 9.59 Å². The van der Waals surface area contributed by atoms with E-state index in [1.54, 1.807) is 11.0 Å². The molecule has 0 aromatic heterocycles. The van der Waals surface area contributed by atoms with Gasteiger partial charge in [-0.1, -0.05) is 0 Å². The molecule has 1 saturated carbocycles. The van der Waals surface area contributed by atoms with Crippen LogP contribution in [0.1, 0.15) is 46.5 Å². The summed E-state index contributed by atoms with van der Waals surface area (Å²) in [6.07, 6.45) is 5.13. The molecule has 0 aromatic rings. The number of fused-ring (bicyclic) bond motifs is 2. The quantitative estimate of drug-likeness (QED) is 0.551. The number of rotatable bonds is 1. The van der Waals surface area contributed by atoms with Gasteiger partial charge < -0.3 is 14.4 Å². The number of piperidine rings is 1. The first-order chi connectivity index (χ1) is 9.80. The molecule has 1 heterocycles. The van der Waals surface area contributed by atoms with Gasteiger partial charge in [0.25, 0.3) is 0 Å². The van der Waals surface area contributed by atoms with Crippen LogP contribution in [0.15, 0.2) is 11.6 Å². The third kappa shape index (κ3) is 3.99. The Balaban J connectivity index is 2.16. The Morgan fingerprint density at radius 1 is 1.29 bits per heavy atom. The van der Waals surface area contributed by atoms with Crippen molar-refractivity contribution in [1.82, 2.24) is 4.90 Å². The van der Waals surface area contributed by atoms with Crippen LogP contribution in [0.25, 0.3) is 0 Å². The number of hydrogen-bond acceptors (Lipinski definition) is 4. The third-order valence-electron chi connectivity index (χ3n) is 4.11. The molecule has 2 rings (SSSR count). The lowest BCUT2D eigenvalue weighted by Gasteiger charge is -2.44. The van der Waals surface area contributed by atoms with Crippen molar-refractivity contribution in [3.8, 4) is 0 Å². The standard InChI is InChI=1S/C16H25NO4/c1-16(2,3)21-15(19)17-8-7-11-5-6-12(13(17)9-11)10-14(18)20-4/h10-11,13H,5-9H2,1-4H3/b12-10-. The summed E-state index contributed by atoms with van der Waals surface area (Å²) in [5, 5.41) is 0. The van der Waals surface area contributed by atoms with Crippen LogP contribution in [0.4, 0.5) is 4.79 Å². The fraction of sp³-hybridized carbons (Fsp3) is 0.750. The molecule has 0 aromatic carbocycles. The second-order valence-electron chi connectivity index (χ2n) is 6.86. The van der Waals surface area contributed by atoms with Gasteiger partial charge in [0, 0.05) is 12.6 Å². The first-order valence-electron chi connectivity index (χ1n) is 7.58. The van der Waals surface area contributed by atoms with Gasteiger partial charge in [-0.3, -0.25) is 0 Å². The van der Waals surface area contributed by atoms with Crippen molar-refractivity contribution in [1.29, 1.82) is 0 Å². The fourth-order valence-electron chi connectivity index (χ4n) is 3.11. The van der Waals surface area contributed by atoms with Crippen LogP contribution in [0, 0.1) is 5.92 Å². The van der Waals surface area contributed by atoms with E-state index in [9.17, 15) is 9.59 Å². The summed E-state index contributed by atoms with van der Waals surface area (Å²) in [5.74, 6) is 0.293. The minimum atomic E-state index is -0.505. The molecule has 2 fully saturated rings. The highest BCUT2D eigenvalue weighted by Crippen LogP contribution is 2.38. The van der Waals surface area contributed by atoms with E-state index >= 15 is 0 Å². The molecular formula is C16H25NO4. The average molecular weight is 295 g/mol. The molecule has 21 heavy (non-hydrogen) atoms. The van der Waals surface area contributed by atoms with Crippen molar-refractivity contribution in [2.45, 2.75) is 58.1 Å². The van der Waals surface area contributed by atoms with Crippen LogP contribution in [0.2, 0.25) is 0 Å². The minimum Gasteiger partial charge on any atom is -0.466 e. The lowest BCUT2D eigenvalue weighted by Crippen LogP contribution is -2.50. The molecule has 1 aliphatic carbocycles. The Bertz CT molecular complexity index is 450. The summed E-state index contributed by atoms with van der Waals surface area (Å²) in [5.41, 5.74) is 0.484. The molecular weight excluding hydrogens is 270 g/mol. The lowest BCUT2D eigenvalue weighted by molar-refractivity contribution is -0.135. The van der Waals surface area contributed by atoms with E-state index in [0.29, 0.717) is 12.5 Å². The zero-order valence-electron chi connectivity index (χ0n) is 13.3. The number of carbonyl (C=O) groups is 2. The van der Waals surface area contributed by atoms with E-state index in [2.05, 4.69) is 0 Å². The molecule has 118 valence electrons. The number of ether oxygens (including phenoxy) is 2. The van der Waals surface area contributed by atoms with Crippen LogP contribution in [-0.2, 0) is 14.3 Å². The maximum atomic E-state index is 12.4. The Kier molecular flexibility index (Phi) is 4.59. The number of carbonyl (C=O) groups excluding carboxylic acids is 2. The van der Waals surface area contributed by atoms with Crippen molar-refractivity contribution in [2.24, 2.45) is 5.92 Å². The topological polar surface area (TPSA) is 55.8 Å². The van der Waals surface area contributed by atoms with Crippen molar-refractivity contribution in [3.63, 3.8) is 0 Å². The first kappa shape index (κ1) is 15.9. The molecule has 2 atom stereocenters. The zero-order valence-corrected chi connectivity index (χ0v) is 13.3. The maximum absolute atomic E-state index is 12.4. The van der Waals surface area contributed by atoms with E-state index in [4.69, 9.17) is 9.47 Å².